The van der Waals surface area contributed by atoms with Crippen LogP contribution in [0.2, 0.25) is 0 Å². The van der Waals surface area contributed by atoms with Crippen LogP contribution in [0, 0.1) is 0 Å². The van der Waals surface area contributed by atoms with Gasteiger partial charge in [0.05, 0.1) is 5.75 Å². The van der Waals surface area contributed by atoms with E-state index in [0.717, 1.165) is 9.47 Å². The lowest BCUT2D eigenvalue weighted by molar-refractivity contribution is 0.102. The van der Waals surface area contributed by atoms with E-state index in [-0.39, 0.29) is 12.6 Å². The van der Waals surface area contributed by atoms with E-state index in [1.807, 2.05) is 0 Å². The molecule has 6 nitrogen and oxygen atoms in total. The molecule has 2 aromatic rings. The molecule has 0 saturated carbocycles. The molecule has 0 bridgehead atoms. The predicted octanol–water partition coefficient (Wildman–Crippen LogP) is 2.84. The van der Waals surface area contributed by atoms with Crippen LogP contribution < -0.4 is 14.8 Å². The van der Waals surface area contributed by atoms with E-state index < -0.39 is 0 Å². The quantitative estimate of drug-likeness (QED) is 0.474. The Balaban J connectivity index is 1.58. The average molecular weight is 335 g/mol. The van der Waals surface area contributed by atoms with E-state index in [1.54, 1.807) is 24.3 Å². The van der Waals surface area contributed by atoms with Crippen molar-refractivity contribution in [3.05, 3.63) is 36.4 Å². The van der Waals surface area contributed by atoms with Gasteiger partial charge < -0.3 is 14.8 Å². The highest BCUT2D eigenvalue weighted by atomic mass is 32.2. The van der Waals surface area contributed by atoms with Crippen LogP contribution >= 0.6 is 23.1 Å². The Morgan fingerprint density at radius 3 is 3.14 bits per heavy atom. The largest absolute Gasteiger partial charge is 0.454 e. The maximum absolute atomic E-state index is 12.2. The number of carbonyl (C=O) groups excluding carboxylic acids is 1. The van der Waals surface area contributed by atoms with Gasteiger partial charge in [0.2, 0.25) is 11.9 Å². The van der Waals surface area contributed by atoms with Crippen molar-refractivity contribution in [1.82, 2.24) is 10.2 Å². The second-order valence-corrected chi connectivity index (χ2v) is 6.52. The van der Waals surface area contributed by atoms with Crippen molar-refractivity contribution in [2.45, 2.75) is 4.34 Å². The fourth-order valence-electron chi connectivity index (χ4n) is 1.78. The summed E-state index contributed by atoms with van der Waals surface area (Å²) in [4.78, 5) is 12.2. The molecule has 8 heteroatoms. The van der Waals surface area contributed by atoms with Crippen LogP contribution in [-0.4, -0.2) is 35.1 Å². The molecule has 2 heterocycles. The van der Waals surface area contributed by atoms with Gasteiger partial charge in [-0.05, 0) is 18.2 Å². The van der Waals surface area contributed by atoms with Crippen LogP contribution in [0.25, 0.3) is 0 Å². The summed E-state index contributed by atoms with van der Waals surface area (Å²) in [5.74, 6) is 1.60. The molecule has 1 N–H and O–H groups in total. The first-order chi connectivity index (χ1) is 10.8. The molecule has 0 saturated heterocycles. The van der Waals surface area contributed by atoms with Crippen molar-refractivity contribution < 1.29 is 14.3 Å². The molecule has 1 aliphatic rings. The number of carbonyl (C=O) groups is 1. The second-order valence-electron chi connectivity index (χ2n) is 4.32. The van der Waals surface area contributed by atoms with E-state index in [1.165, 1.54) is 23.1 Å². The van der Waals surface area contributed by atoms with E-state index in [4.69, 9.17) is 9.47 Å². The molecule has 3 rings (SSSR count). The minimum absolute atomic E-state index is 0.0131. The van der Waals surface area contributed by atoms with Gasteiger partial charge in [0, 0.05) is 12.1 Å². The fourth-order valence-corrected chi connectivity index (χ4v) is 3.43. The minimum atomic E-state index is 0.0131. The number of nitrogens with one attached hydrogen (secondary N) is 1. The highest BCUT2D eigenvalue weighted by Crippen LogP contribution is 2.33. The third-order valence-electron chi connectivity index (χ3n) is 2.83. The summed E-state index contributed by atoms with van der Waals surface area (Å²) in [7, 11) is 0. The Labute approximate surface area is 135 Å². The van der Waals surface area contributed by atoms with E-state index in [9.17, 15) is 4.79 Å². The molecular weight excluding hydrogens is 322 g/mol. The fraction of sp³-hybridized carbons (Fsp3) is 0.214. The Kier molecular flexibility index (Phi) is 4.59. The number of fused-ring (bicyclic) bond motifs is 1. The van der Waals surface area contributed by atoms with Gasteiger partial charge in [0.25, 0.3) is 0 Å². The molecule has 114 valence electrons. The number of nitrogens with zero attached hydrogens (tertiary/aromatic N) is 2. The molecule has 1 aromatic carbocycles. The zero-order valence-electron chi connectivity index (χ0n) is 11.6. The predicted molar refractivity (Wildman–Crippen MR) is 86.2 cm³/mol. The highest BCUT2D eigenvalue weighted by molar-refractivity contribution is 8.01. The van der Waals surface area contributed by atoms with Crippen molar-refractivity contribution >= 4 is 34.0 Å². The van der Waals surface area contributed by atoms with Crippen LogP contribution in [0.15, 0.2) is 35.2 Å². The van der Waals surface area contributed by atoms with Crippen molar-refractivity contribution in [3.63, 3.8) is 0 Å². The van der Waals surface area contributed by atoms with Gasteiger partial charge in [-0.2, -0.15) is 0 Å². The monoisotopic (exact) mass is 335 g/mol. The van der Waals surface area contributed by atoms with E-state index in [0.29, 0.717) is 29.4 Å². The number of Topliss-reactive ketones (excluding diaryl/α,β-unsaturated/α-hetero) is 1. The summed E-state index contributed by atoms with van der Waals surface area (Å²) in [5.41, 5.74) is 0.603. The molecule has 0 aliphatic carbocycles. The van der Waals surface area contributed by atoms with Crippen LogP contribution in [-0.2, 0) is 0 Å². The van der Waals surface area contributed by atoms with Crippen LogP contribution in [0.5, 0.6) is 11.5 Å². The highest BCUT2D eigenvalue weighted by Gasteiger charge is 2.16. The molecule has 22 heavy (non-hydrogen) atoms. The third-order valence-corrected chi connectivity index (χ3v) is 4.84. The topological polar surface area (TPSA) is 73.3 Å². The molecule has 0 spiro atoms. The number of ether oxygens (including phenoxy) is 2. The molecule has 0 radical (unpaired) electrons. The minimum Gasteiger partial charge on any atom is -0.454 e. The second kappa shape index (κ2) is 6.80. The van der Waals surface area contributed by atoms with Crippen LogP contribution in [0.1, 0.15) is 10.4 Å². The number of ketones is 1. The van der Waals surface area contributed by atoms with Crippen molar-refractivity contribution in [1.29, 1.82) is 0 Å². The maximum atomic E-state index is 12.2. The van der Waals surface area contributed by atoms with E-state index >= 15 is 0 Å². The molecule has 1 aliphatic heterocycles. The molecule has 0 amide bonds. The lowest BCUT2D eigenvalue weighted by Gasteiger charge is -2.01. The van der Waals surface area contributed by atoms with Gasteiger partial charge in [-0.25, -0.2) is 0 Å². The Morgan fingerprint density at radius 1 is 1.41 bits per heavy atom. The number of thioether (sulfide) groups is 1. The number of anilines is 1. The SMILES string of the molecule is C=CCNc1nnc(SCC(=O)c2ccc3c(c2)OCO3)s1. The van der Waals surface area contributed by atoms with Crippen molar-refractivity contribution in [2.75, 3.05) is 24.4 Å². The lowest BCUT2D eigenvalue weighted by Crippen LogP contribution is -2.02. The van der Waals surface area contributed by atoms with Crippen LogP contribution in [0.4, 0.5) is 5.13 Å². The lowest BCUT2D eigenvalue weighted by atomic mass is 10.1. The van der Waals surface area contributed by atoms with Gasteiger partial charge in [0.15, 0.2) is 21.6 Å². The summed E-state index contributed by atoms with van der Waals surface area (Å²) in [6.45, 7) is 4.46. The summed E-state index contributed by atoms with van der Waals surface area (Å²) >= 11 is 2.78. The third kappa shape index (κ3) is 3.40. The number of benzene rings is 1. The number of hydrogen-bond acceptors (Lipinski definition) is 8. The summed E-state index contributed by atoms with van der Waals surface area (Å²) in [5, 5.41) is 11.8. The van der Waals surface area contributed by atoms with Crippen molar-refractivity contribution in [3.8, 4) is 11.5 Å². The number of hydrogen-bond donors (Lipinski definition) is 1. The molecule has 1 aromatic heterocycles. The van der Waals surface area contributed by atoms with Crippen LogP contribution in [0.3, 0.4) is 0 Å². The number of aromatic nitrogens is 2. The first kappa shape index (κ1) is 14.9. The standard InChI is InChI=1S/C14H13N3O3S2/c1-2-5-15-13-16-17-14(22-13)21-7-10(18)9-3-4-11-12(6-9)20-8-19-11/h2-4,6H,1,5,7-8H2,(H,15,16). The van der Waals surface area contributed by atoms with Gasteiger partial charge >= 0.3 is 0 Å². The van der Waals surface area contributed by atoms with E-state index in [2.05, 4.69) is 22.1 Å². The zero-order valence-corrected chi connectivity index (χ0v) is 13.2. The Hall–Kier alpha value is -2.06. The summed E-state index contributed by atoms with van der Waals surface area (Å²) in [6.07, 6.45) is 1.75. The van der Waals surface area contributed by atoms with Gasteiger partial charge in [-0.3, -0.25) is 4.79 Å². The average Bonchev–Trinajstić information content (AvgIpc) is 3.18. The maximum Gasteiger partial charge on any atom is 0.231 e. The molecular formula is C14H13N3O3S2. The molecule has 0 atom stereocenters. The molecule has 0 unspecified atom stereocenters. The normalized spacial score (nSPS) is 12.2. The summed E-state index contributed by atoms with van der Waals surface area (Å²) < 4.78 is 11.3. The smallest absolute Gasteiger partial charge is 0.231 e. The van der Waals surface area contributed by atoms with Gasteiger partial charge in [-0.1, -0.05) is 29.2 Å². The zero-order chi connectivity index (χ0) is 15.4. The first-order valence-corrected chi connectivity index (χ1v) is 8.30. The molecule has 0 fully saturated rings. The van der Waals surface area contributed by atoms with Gasteiger partial charge in [-0.15, -0.1) is 16.8 Å². The van der Waals surface area contributed by atoms with Crippen molar-refractivity contribution in [2.24, 2.45) is 0 Å². The first-order valence-electron chi connectivity index (χ1n) is 6.50. The Bertz CT molecular complexity index is 702. The Morgan fingerprint density at radius 2 is 2.27 bits per heavy atom. The van der Waals surface area contributed by atoms with Gasteiger partial charge in [0.1, 0.15) is 0 Å². The summed E-state index contributed by atoms with van der Waals surface area (Å²) in [6, 6.07) is 5.21. The number of rotatable bonds is 7.